The fourth-order valence-corrected chi connectivity index (χ4v) is 3.48. The highest BCUT2D eigenvalue weighted by molar-refractivity contribution is 6.37. The Bertz CT molecular complexity index is 475. The minimum Gasteiger partial charge on any atom is -0.494 e. The van der Waals surface area contributed by atoms with Gasteiger partial charge in [-0.15, -0.1) is 0 Å². The van der Waals surface area contributed by atoms with E-state index in [1.807, 2.05) is 12.1 Å². The van der Waals surface area contributed by atoms with Crippen LogP contribution in [-0.2, 0) is 0 Å². The lowest BCUT2D eigenvalue weighted by molar-refractivity contribution is 0.0741. The molecule has 1 fully saturated rings. The Balaban J connectivity index is 2.25. The normalized spacial score (nSPS) is 22.3. The lowest BCUT2D eigenvalue weighted by atomic mass is 10.0. The van der Waals surface area contributed by atoms with Gasteiger partial charge in [0.15, 0.2) is 5.75 Å². The second kappa shape index (κ2) is 7.16. The number of benzene rings is 1. The molecule has 1 aliphatic rings. The van der Waals surface area contributed by atoms with Gasteiger partial charge in [0.2, 0.25) is 0 Å². The van der Waals surface area contributed by atoms with Crippen LogP contribution in [0, 0.1) is 0 Å². The van der Waals surface area contributed by atoms with Crippen molar-refractivity contribution in [1.82, 2.24) is 9.80 Å². The molecule has 0 spiro atoms. The standard InChI is InChI=1S/C15H23Cl2N3O/c1-10-9-20(5-4-19(10)2)14(8-18)11-6-12(16)15(21-3)13(17)7-11/h6-7,10,14H,4-5,8-9,18H2,1-3H3. The average Bonchev–Trinajstić information content (AvgIpc) is 2.43. The Hall–Kier alpha value is -0.520. The van der Waals surface area contributed by atoms with Crippen molar-refractivity contribution in [2.24, 2.45) is 5.73 Å². The molecule has 118 valence electrons. The molecule has 1 aromatic carbocycles. The number of hydrogen-bond donors (Lipinski definition) is 1. The van der Waals surface area contributed by atoms with Gasteiger partial charge in [-0.25, -0.2) is 0 Å². The third-order valence-electron chi connectivity index (χ3n) is 4.26. The molecule has 1 aromatic rings. The highest BCUT2D eigenvalue weighted by atomic mass is 35.5. The molecule has 21 heavy (non-hydrogen) atoms. The molecule has 2 atom stereocenters. The smallest absolute Gasteiger partial charge is 0.156 e. The van der Waals surface area contributed by atoms with E-state index in [0.717, 1.165) is 25.2 Å². The maximum absolute atomic E-state index is 6.25. The fraction of sp³-hybridized carbons (Fsp3) is 0.600. The zero-order valence-corrected chi connectivity index (χ0v) is 14.3. The molecule has 4 nitrogen and oxygen atoms in total. The average molecular weight is 332 g/mol. The van der Waals surface area contributed by atoms with E-state index in [2.05, 4.69) is 23.8 Å². The number of nitrogens with two attached hydrogens (primary N) is 1. The van der Waals surface area contributed by atoms with E-state index in [-0.39, 0.29) is 6.04 Å². The van der Waals surface area contributed by atoms with Crippen molar-refractivity contribution in [2.75, 3.05) is 40.3 Å². The van der Waals surface area contributed by atoms with Gasteiger partial charge in [-0.3, -0.25) is 4.90 Å². The minimum atomic E-state index is 0.127. The summed E-state index contributed by atoms with van der Waals surface area (Å²) in [5, 5.41) is 1.06. The summed E-state index contributed by atoms with van der Waals surface area (Å²) in [6.45, 7) is 5.78. The molecule has 1 aliphatic heterocycles. The monoisotopic (exact) mass is 331 g/mol. The van der Waals surface area contributed by atoms with Gasteiger partial charge in [-0.1, -0.05) is 23.2 Å². The van der Waals surface area contributed by atoms with E-state index in [9.17, 15) is 0 Å². The summed E-state index contributed by atoms with van der Waals surface area (Å²) in [4.78, 5) is 4.76. The number of likely N-dealkylation sites (N-methyl/N-ethyl adjacent to an activating group) is 1. The van der Waals surface area contributed by atoms with E-state index < -0.39 is 0 Å². The van der Waals surface area contributed by atoms with Gasteiger partial charge in [0.25, 0.3) is 0 Å². The first-order valence-corrected chi connectivity index (χ1v) is 7.90. The van der Waals surface area contributed by atoms with Gasteiger partial charge in [0, 0.05) is 38.3 Å². The Morgan fingerprint density at radius 3 is 2.43 bits per heavy atom. The predicted octanol–water partition coefficient (Wildman–Crippen LogP) is 2.64. The van der Waals surface area contributed by atoms with Crippen LogP contribution in [-0.4, -0.2) is 56.2 Å². The second-order valence-electron chi connectivity index (χ2n) is 5.59. The number of piperazine rings is 1. The van der Waals surface area contributed by atoms with Crippen molar-refractivity contribution >= 4 is 23.2 Å². The molecule has 2 unspecified atom stereocenters. The largest absolute Gasteiger partial charge is 0.494 e. The summed E-state index contributed by atoms with van der Waals surface area (Å²) in [5.41, 5.74) is 7.06. The number of ether oxygens (including phenoxy) is 1. The van der Waals surface area contributed by atoms with E-state index in [0.29, 0.717) is 28.4 Å². The SMILES string of the molecule is COc1c(Cl)cc(C(CN)N2CCN(C)C(C)C2)cc1Cl. The van der Waals surface area contributed by atoms with Crippen molar-refractivity contribution in [2.45, 2.75) is 19.0 Å². The van der Waals surface area contributed by atoms with Gasteiger partial charge < -0.3 is 15.4 Å². The van der Waals surface area contributed by atoms with E-state index >= 15 is 0 Å². The molecule has 0 saturated carbocycles. The zero-order valence-electron chi connectivity index (χ0n) is 12.8. The molecule has 6 heteroatoms. The quantitative estimate of drug-likeness (QED) is 0.920. The first-order chi connectivity index (χ1) is 9.97. The zero-order chi connectivity index (χ0) is 15.6. The maximum atomic E-state index is 6.25. The summed E-state index contributed by atoms with van der Waals surface area (Å²) >= 11 is 12.5. The van der Waals surface area contributed by atoms with Crippen LogP contribution in [0.1, 0.15) is 18.5 Å². The molecule has 0 amide bonds. The van der Waals surface area contributed by atoms with Gasteiger partial charge in [0.1, 0.15) is 0 Å². The van der Waals surface area contributed by atoms with E-state index in [4.69, 9.17) is 33.7 Å². The maximum Gasteiger partial charge on any atom is 0.156 e. The summed E-state index contributed by atoms with van der Waals surface area (Å²) in [6, 6.07) is 4.46. The molecule has 2 N–H and O–H groups in total. The van der Waals surface area contributed by atoms with Crippen LogP contribution >= 0.6 is 23.2 Å². The minimum absolute atomic E-state index is 0.127. The molecule has 1 heterocycles. The molecule has 0 radical (unpaired) electrons. The number of nitrogens with zero attached hydrogens (tertiary/aromatic N) is 2. The van der Waals surface area contributed by atoms with Crippen LogP contribution in [0.3, 0.4) is 0 Å². The second-order valence-corrected chi connectivity index (χ2v) is 6.41. The lowest BCUT2D eigenvalue weighted by Gasteiger charge is -2.41. The first-order valence-electron chi connectivity index (χ1n) is 7.15. The predicted molar refractivity (Wildman–Crippen MR) is 88.5 cm³/mol. The number of methoxy groups -OCH3 is 1. The number of halogens is 2. The Kier molecular flexibility index (Phi) is 5.74. The fourth-order valence-electron chi connectivity index (χ4n) is 2.82. The van der Waals surface area contributed by atoms with Crippen molar-refractivity contribution in [3.8, 4) is 5.75 Å². The lowest BCUT2D eigenvalue weighted by Crippen LogP contribution is -2.52. The highest BCUT2D eigenvalue weighted by Crippen LogP contribution is 2.36. The molecule has 0 bridgehead atoms. The number of rotatable bonds is 4. The van der Waals surface area contributed by atoms with Crippen LogP contribution in [0.15, 0.2) is 12.1 Å². The molecule has 1 saturated heterocycles. The third kappa shape index (κ3) is 3.63. The van der Waals surface area contributed by atoms with Crippen molar-refractivity contribution in [3.05, 3.63) is 27.7 Å². The molecule has 2 rings (SSSR count). The first kappa shape index (κ1) is 16.8. The van der Waals surface area contributed by atoms with Crippen LogP contribution in [0.4, 0.5) is 0 Å². The summed E-state index contributed by atoms with van der Waals surface area (Å²) in [7, 11) is 3.72. The molecular formula is C15H23Cl2N3O. The molecule has 0 aliphatic carbocycles. The van der Waals surface area contributed by atoms with Gasteiger partial charge >= 0.3 is 0 Å². The van der Waals surface area contributed by atoms with E-state index in [1.54, 1.807) is 7.11 Å². The Labute approximate surface area is 136 Å². The van der Waals surface area contributed by atoms with E-state index in [1.165, 1.54) is 0 Å². The summed E-state index contributed by atoms with van der Waals surface area (Å²) in [6.07, 6.45) is 0. The van der Waals surface area contributed by atoms with Crippen LogP contribution in [0.2, 0.25) is 10.0 Å². The van der Waals surface area contributed by atoms with Crippen LogP contribution < -0.4 is 10.5 Å². The molecule has 0 aromatic heterocycles. The molecular weight excluding hydrogens is 309 g/mol. The van der Waals surface area contributed by atoms with Crippen molar-refractivity contribution in [1.29, 1.82) is 0 Å². The number of hydrogen-bond acceptors (Lipinski definition) is 4. The van der Waals surface area contributed by atoms with Crippen LogP contribution in [0.5, 0.6) is 5.75 Å². The van der Waals surface area contributed by atoms with Crippen LogP contribution in [0.25, 0.3) is 0 Å². The van der Waals surface area contributed by atoms with Gasteiger partial charge in [0.05, 0.1) is 17.2 Å². The topological polar surface area (TPSA) is 41.7 Å². The Morgan fingerprint density at radius 2 is 1.95 bits per heavy atom. The van der Waals surface area contributed by atoms with Crippen molar-refractivity contribution in [3.63, 3.8) is 0 Å². The third-order valence-corrected chi connectivity index (χ3v) is 4.83. The Morgan fingerprint density at radius 1 is 1.33 bits per heavy atom. The summed E-state index contributed by atoms with van der Waals surface area (Å²) in [5.74, 6) is 0.518. The van der Waals surface area contributed by atoms with Gasteiger partial charge in [-0.05, 0) is 31.7 Å². The summed E-state index contributed by atoms with van der Waals surface area (Å²) < 4.78 is 5.21. The highest BCUT2D eigenvalue weighted by Gasteiger charge is 2.27. The van der Waals surface area contributed by atoms with Crippen molar-refractivity contribution < 1.29 is 4.74 Å². The van der Waals surface area contributed by atoms with Gasteiger partial charge in [-0.2, -0.15) is 0 Å².